The predicted octanol–water partition coefficient (Wildman–Crippen LogP) is 2.31. The van der Waals surface area contributed by atoms with Gasteiger partial charge in [0, 0.05) is 13.6 Å². The zero-order valence-corrected chi connectivity index (χ0v) is 9.52. The van der Waals surface area contributed by atoms with Crippen molar-refractivity contribution in [3.05, 3.63) is 47.4 Å². The van der Waals surface area contributed by atoms with Crippen LogP contribution in [-0.4, -0.2) is 9.13 Å². The van der Waals surface area contributed by atoms with E-state index >= 15 is 0 Å². The molecule has 0 saturated carbocycles. The van der Waals surface area contributed by atoms with Crippen LogP contribution < -0.4 is 5.69 Å². The topological polar surface area (TPSA) is 26.9 Å². The lowest BCUT2D eigenvalue weighted by atomic mass is 10.3. The lowest BCUT2D eigenvalue weighted by Crippen LogP contribution is -2.22. The number of nitrogens with zero attached hydrogens (tertiary/aromatic N) is 2. The molecule has 0 fully saturated rings. The van der Waals surface area contributed by atoms with Crippen LogP contribution in [0, 0.1) is 0 Å². The number of rotatable bonds is 4. The Morgan fingerprint density at radius 2 is 2.00 bits per heavy atom. The van der Waals surface area contributed by atoms with Gasteiger partial charge in [-0.3, -0.25) is 9.13 Å². The Labute approximate surface area is 94.6 Å². The van der Waals surface area contributed by atoms with Crippen LogP contribution in [0.3, 0.4) is 0 Å². The number of para-hydroxylation sites is 2. The first-order valence-corrected chi connectivity index (χ1v) is 5.51. The number of benzene rings is 1. The molecular weight excluding hydrogens is 200 g/mol. The molecule has 1 heterocycles. The maximum atomic E-state index is 12.0. The van der Waals surface area contributed by atoms with Crippen molar-refractivity contribution in [3.8, 4) is 0 Å². The molecule has 3 nitrogen and oxygen atoms in total. The number of unbranched alkanes of at least 4 members (excludes halogenated alkanes) is 1. The van der Waals surface area contributed by atoms with Gasteiger partial charge in [-0.2, -0.15) is 0 Å². The van der Waals surface area contributed by atoms with E-state index in [1.165, 1.54) is 0 Å². The average molecular weight is 216 g/mol. The number of imidazole rings is 1. The van der Waals surface area contributed by atoms with Crippen molar-refractivity contribution in [2.75, 3.05) is 0 Å². The maximum Gasteiger partial charge on any atom is 0.328 e. The third-order valence-electron chi connectivity index (χ3n) is 2.84. The Hall–Kier alpha value is -1.77. The zero-order chi connectivity index (χ0) is 11.5. The molecule has 0 unspecified atom stereocenters. The lowest BCUT2D eigenvalue weighted by Gasteiger charge is -2.00. The average Bonchev–Trinajstić information content (AvgIpc) is 2.55. The molecule has 0 aliphatic carbocycles. The number of aryl methyl sites for hydroxylation is 2. The van der Waals surface area contributed by atoms with E-state index in [-0.39, 0.29) is 5.69 Å². The van der Waals surface area contributed by atoms with Crippen molar-refractivity contribution in [1.29, 1.82) is 0 Å². The first-order valence-electron chi connectivity index (χ1n) is 5.51. The minimum Gasteiger partial charge on any atom is -0.295 e. The smallest absolute Gasteiger partial charge is 0.295 e. The van der Waals surface area contributed by atoms with Gasteiger partial charge in [0.2, 0.25) is 0 Å². The summed E-state index contributed by atoms with van der Waals surface area (Å²) in [6.45, 7) is 4.45. The van der Waals surface area contributed by atoms with E-state index in [2.05, 4.69) is 6.58 Å². The highest BCUT2D eigenvalue weighted by Crippen LogP contribution is 2.12. The van der Waals surface area contributed by atoms with Gasteiger partial charge in [-0.15, -0.1) is 6.58 Å². The second-order valence-electron chi connectivity index (χ2n) is 3.91. The van der Waals surface area contributed by atoms with Gasteiger partial charge in [-0.05, 0) is 25.0 Å². The van der Waals surface area contributed by atoms with E-state index in [1.807, 2.05) is 42.0 Å². The normalized spacial score (nSPS) is 10.8. The molecule has 0 atom stereocenters. The summed E-state index contributed by atoms with van der Waals surface area (Å²) in [7, 11) is 1.81. The molecule has 0 aliphatic heterocycles. The third-order valence-corrected chi connectivity index (χ3v) is 2.84. The number of aromatic nitrogens is 2. The van der Waals surface area contributed by atoms with Gasteiger partial charge in [-0.1, -0.05) is 18.2 Å². The number of hydrogen-bond acceptors (Lipinski definition) is 1. The molecule has 16 heavy (non-hydrogen) atoms. The molecule has 2 aromatic rings. The van der Waals surface area contributed by atoms with Crippen molar-refractivity contribution in [3.63, 3.8) is 0 Å². The third kappa shape index (κ3) is 1.69. The van der Waals surface area contributed by atoms with Crippen LogP contribution in [0.15, 0.2) is 41.7 Å². The van der Waals surface area contributed by atoms with E-state index in [4.69, 9.17) is 0 Å². The molecule has 1 aromatic carbocycles. The van der Waals surface area contributed by atoms with Gasteiger partial charge in [0.1, 0.15) is 0 Å². The summed E-state index contributed by atoms with van der Waals surface area (Å²) >= 11 is 0. The van der Waals surface area contributed by atoms with Crippen molar-refractivity contribution in [2.24, 2.45) is 7.05 Å². The molecule has 0 aliphatic rings. The summed E-state index contributed by atoms with van der Waals surface area (Å²) in [4.78, 5) is 12.0. The fourth-order valence-electron chi connectivity index (χ4n) is 1.97. The summed E-state index contributed by atoms with van der Waals surface area (Å²) in [5, 5.41) is 0. The lowest BCUT2D eigenvalue weighted by molar-refractivity contribution is 0.630. The van der Waals surface area contributed by atoms with Gasteiger partial charge < -0.3 is 0 Å². The first-order chi connectivity index (χ1) is 7.75. The Kier molecular flexibility index (Phi) is 2.95. The molecule has 84 valence electrons. The SMILES string of the molecule is C=CCCCn1c(=O)n(C)c2ccccc21. The predicted molar refractivity (Wildman–Crippen MR) is 66.6 cm³/mol. The van der Waals surface area contributed by atoms with Gasteiger partial charge in [-0.25, -0.2) is 4.79 Å². The number of hydrogen-bond donors (Lipinski definition) is 0. The fraction of sp³-hybridized carbons (Fsp3) is 0.308. The van der Waals surface area contributed by atoms with E-state index in [0.29, 0.717) is 0 Å². The Morgan fingerprint density at radius 1 is 1.31 bits per heavy atom. The second kappa shape index (κ2) is 4.39. The van der Waals surface area contributed by atoms with E-state index < -0.39 is 0 Å². The van der Waals surface area contributed by atoms with Crippen LogP contribution in [-0.2, 0) is 13.6 Å². The maximum absolute atomic E-state index is 12.0. The molecule has 0 spiro atoms. The standard InChI is InChI=1S/C13H16N2O/c1-3-4-7-10-15-12-9-6-5-8-11(12)14(2)13(15)16/h3,5-6,8-9H,1,4,7,10H2,2H3. The minimum absolute atomic E-state index is 0.0604. The quantitative estimate of drug-likeness (QED) is 0.569. The molecule has 0 amide bonds. The second-order valence-corrected chi connectivity index (χ2v) is 3.91. The van der Waals surface area contributed by atoms with Crippen LogP contribution in [0.5, 0.6) is 0 Å². The van der Waals surface area contributed by atoms with Gasteiger partial charge >= 0.3 is 5.69 Å². The van der Waals surface area contributed by atoms with Crippen LogP contribution in [0.1, 0.15) is 12.8 Å². The largest absolute Gasteiger partial charge is 0.328 e. The van der Waals surface area contributed by atoms with Crippen molar-refractivity contribution in [1.82, 2.24) is 9.13 Å². The molecule has 3 heteroatoms. The van der Waals surface area contributed by atoms with Crippen LogP contribution >= 0.6 is 0 Å². The highest BCUT2D eigenvalue weighted by atomic mass is 16.1. The summed E-state index contributed by atoms with van der Waals surface area (Å²) in [5.74, 6) is 0. The van der Waals surface area contributed by atoms with E-state index in [1.54, 1.807) is 4.57 Å². The van der Waals surface area contributed by atoms with Gasteiger partial charge in [0.05, 0.1) is 11.0 Å². The summed E-state index contributed by atoms with van der Waals surface area (Å²) in [6.07, 6.45) is 3.78. The first kappa shape index (κ1) is 10.7. The van der Waals surface area contributed by atoms with E-state index in [9.17, 15) is 4.79 Å². The highest BCUT2D eigenvalue weighted by molar-refractivity contribution is 5.75. The van der Waals surface area contributed by atoms with Crippen molar-refractivity contribution < 1.29 is 0 Å². The summed E-state index contributed by atoms with van der Waals surface area (Å²) in [5.41, 5.74) is 2.07. The highest BCUT2D eigenvalue weighted by Gasteiger charge is 2.08. The molecule has 0 saturated heterocycles. The Bertz CT molecular complexity index is 563. The van der Waals surface area contributed by atoms with Crippen LogP contribution in [0.4, 0.5) is 0 Å². The van der Waals surface area contributed by atoms with Gasteiger partial charge in [0.25, 0.3) is 0 Å². The van der Waals surface area contributed by atoms with Crippen molar-refractivity contribution >= 4 is 11.0 Å². The Balaban J connectivity index is 2.47. The zero-order valence-electron chi connectivity index (χ0n) is 9.52. The van der Waals surface area contributed by atoms with Crippen molar-refractivity contribution in [2.45, 2.75) is 19.4 Å². The fourth-order valence-corrected chi connectivity index (χ4v) is 1.97. The summed E-state index contributed by atoms with van der Waals surface area (Å²) < 4.78 is 3.53. The molecule has 1 aromatic heterocycles. The van der Waals surface area contributed by atoms with E-state index in [0.717, 1.165) is 30.4 Å². The Morgan fingerprint density at radius 3 is 2.69 bits per heavy atom. The van der Waals surface area contributed by atoms with Crippen LogP contribution in [0.2, 0.25) is 0 Å². The molecular formula is C13H16N2O. The van der Waals surface area contributed by atoms with Crippen LogP contribution in [0.25, 0.3) is 11.0 Å². The molecule has 2 rings (SSSR count). The monoisotopic (exact) mass is 216 g/mol. The number of fused-ring (bicyclic) bond motifs is 1. The summed E-state index contributed by atoms with van der Waals surface area (Å²) in [6, 6.07) is 7.88. The minimum atomic E-state index is 0.0604. The number of allylic oxidation sites excluding steroid dienone is 1. The molecule has 0 N–H and O–H groups in total. The molecule has 0 bridgehead atoms. The molecule has 0 radical (unpaired) electrons. The van der Waals surface area contributed by atoms with Gasteiger partial charge in [0.15, 0.2) is 0 Å².